The molecule has 92 valence electrons. The molecule has 1 unspecified atom stereocenters. The molecule has 17 heavy (non-hydrogen) atoms. The fourth-order valence-corrected chi connectivity index (χ4v) is 2.54. The Morgan fingerprint density at radius 2 is 2.29 bits per heavy atom. The second-order valence-corrected chi connectivity index (χ2v) is 4.84. The Labute approximate surface area is 107 Å². The number of nitrogens with zero attached hydrogens (tertiary/aromatic N) is 2. The van der Waals surface area contributed by atoms with E-state index in [1.807, 2.05) is 6.07 Å². The Morgan fingerprint density at radius 1 is 1.53 bits per heavy atom. The second kappa shape index (κ2) is 5.05. The minimum absolute atomic E-state index is 0.135. The standard InChI is InChI=1S/C13H17ClN2O/c1-3-5-16-10(4-2)7-12(17)13-11(16)6-9(14)8-15-13/h6,8,10H,3-5,7H2,1-2H3. The Balaban J connectivity index is 2.46. The van der Waals surface area contributed by atoms with E-state index in [-0.39, 0.29) is 11.8 Å². The van der Waals surface area contributed by atoms with Crippen molar-refractivity contribution >= 4 is 23.1 Å². The van der Waals surface area contributed by atoms with E-state index >= 15 is 0 Å². The third-order valence-corrected chi connectivity index (χ3v) is 3.41. The molecule has 1 aromatic heterocycles. The summed E-state index contributed by atoms with van der Waals surface area (Å²) in [6.07, 6.45) is 4.14. The Kier molecular flexibility index (Phi) is 3.67. The summed E-state index contributed by atoms with van der Waals surface area (Å²) in [6, 6.07) is 2.15. The lowest BCUT2D eigenvalue weighted by molar-refractivity contribution is 0.0960. The van der Waals surface area contributed by atoms with Crippen molar-refractivity contribution in [2.45, 2.75) is 39.2 Å². The van der Waals surface area contributed by atoms with Crippen LogP contribution in [0, 0.1) is 0 Å². The van der Waals surface area contributed by atoms with Crippen LogP contribution in [0.15, 0.2) is 12.3 Å². The summed E-state index contributed by atoms with van der Waals surface area (Å²) >= 11 is 5.98. The van der Waals surface area contributed by atoms with E-state index in [2.05, 4.69) is 23.7 Å². The average Bonchev–Trinajstić information content (AvgIpc) is 2.32. The summed E-state index contributed by atoms with van der Waals surface area (Å²) in [5, 5.41) is 0.592. The van der Waals surface area contributed by atoms with Gasteiger partial charge in [-0.15, -0.1) is 0 Å². The van der Waals surface area contributed by atoms with Gasteiger partial charge in [0, 0.05) is 25.2 Å². The molecule has 0 fully saturated rings. The maximum Gasteiger partial charge on any atom is 0.185 e. The molecule has 0 saturated heterocycles. The zero-order chi connectivity index (χ0) is 12.4. The third-order valence-electron chi connectivity index (χ3n) is 3.21. The van der Waals surface area contributed by atoms with Crippen molar-refractivity contribution in [2.75, 3.05) is 11.4 Å². The quantitative estimate of drug-likeness (QED) is 0.828. The molecule has 3 nitrogen and oxygen atoms in total. The van der Waals surface area contributed by atoms with Gasteiger partial charge in [-0.2, -0.15) is 0 Å². The number of pyridine rings is 1. The van der Waals surface area contributed by atoms with Gasteiger partial charge in [0.25, 0.3) is 0 Å². The normalized spacial score (nSPS) is 19.4. The van der Waals surface area contributed by atoms with Gasteiger partial charge in [-0.1, -0.05) is 25.4 Å². The Hall–Kier alpha value is -1.09. The molecule has 2 heterocycles. The van der Waals surface area contributed by atoms with Gasteiger partial charge in [-0.05, 0) is 18.9 Å². The summed E-state index contributed by atoms with van der Waals surface area (Å²) in [6.45, 7) is 5.20. The molecular weight excluding hydrogens is 236 g/mol. The van der Waals surface area contributed by atoms with E-state index in [1.165, 1.54) is 0 Å². The Bertz CT molecular complexity index is 433. The minimum atomic E-state index is 0.135. The number of aromatic nitrogens is 1. The number of carbonyl (C=O) groups is 1. The summed E-state index contributed by atoms with van der Waals surface area (Å²) in [5.41, 5.74) is 1.48. The van der Waals surface area contributed by atoms with Crippen molar-refractivity contribution in [1.82, 2.24) is 4.98 Å². The van der Waals surface area contributed by atoms with E-state index in [0.717, 1.165) is 25.1 Å². The van der Waals surface area contributed by atoms with Crippen LogP contribution in [0.25, 0.3) is 0 Å². The number of fused-ring (bicyclic) bond motifs is 1. The van der Waals surface area contributed by atoms with Crippen molar-refractivity contribution in [3.63, 3.8) is 0 Å². The zero-order valence-corrected chi connectivity index (χ0v) is 11.0. The average molecular weight is 253 g/mol. The van der Waals surface area contributed by atoms with Gasteiger partial charge in [0.15, 0.2) is 5.78 Å². The molecule has 1 aliphatic rings. The molecule has 0 aromatic carbocycles. The van der Waals surface area contributed by atoms with Crippen LogP contribution in [-0.4, -0.2) is 23.4 Å². The van der Waals surface area contributed by atoms with Crippen LogP contribution >= 0.6 is 11.6 Å². The first-order valence-corrected chi connectivity index (χ1v) is 6.50. The van der Waals surface area contributed by atoms with Crippen LogP contribution < -0.4 is 4.90 Å². The highest BCUT2D eigenvalue weighted by molar-refractivity contribution is 6.31. The lowest BCUT2D eigenvalue weighted by Crippen LogP contribution is -2.42. The monoisotopic (exact) mass is 252 g/mol. The van der Waals surface area contributed by atoms with Gasteiger partial charge >= 0.3 is 0 Å². The van der Waals surface area contributed by atoms with Gasteiger partial charge in [-0.25, -0.2) is 4.98 Å². The highest BCUT2D eigenvalue weighted by atomic mass is 35.5. The molecule has 1 atom stereocenters. The molecule has 1 aliphatic heterocycles. The number of hydrogen-bond acceptors (Lipinski definition) is 3. The number of rotatable bonds is 3. The van der Waals surface area contributed by atoms with Crippen molar-refractivity contribution in [2.24, 2.45) is 0 Å². The second-order valence-electron chi connectivity index (χ2n) is 4.40. The van der Waals surface area contributed by atoms with Crippen molar-refractivity contribution in [3.05, 3.63) is 23.0 Å². The summed E-state index contributed by atoms with van der Waals surface area (Å²) in [7, 11) is 0. The van der Waals surface area contributed by atoms with Gasteiger partial charge in [0.2, 0.25) is 0 Å². The van der Waals surface area contributed by atoms with Gasteiger partial charge in [-0.3, -0.25) is 4.79 Å². The van der Waals surface area contributed by atoms with E-state index in [0.29, 0.717) is 17.1 Å². The van der Waals surface area contributed by atoms with Crippen LogP contribution in [0.4, 0.5) is 5.69 Å². The summed E-state index contributed by atoms with van der Waals surface area (Å²) in [5.74, 6) is 0.135. The largest absolute Gasteiger partial charge is 0.366 e. The van der Waals surface area contributed by atoms with Crippen molar-refractivity contribution < 1.29 is 4.79 Å². The first kappa shape index (κ1) is 12.4. The molecule has 0 radical (unpaired) electrons. The maximum atomic E-state index is 12.0. The molecule has 0 saturated carbocycles. The van der Waals surface area contributed by atoms with E-state index < -0.39 is 0 Å². The molecule has 0 bridgehead atoms. The summed E-state index contributed by atoms with van der Waals surface area (Å²) in [4.78, 5) is 18.4. The Morgan fingerprint density at radius 3 is 2.94 bits per heavy atom. The van der Waals surface area contributed by atoms with Crippen LogP contribution in [0.2, 0.25) is 5.02 Å². The first-order chi connectivity index (χ1) is 8.17. The number of halogens is 1. The first-order valence-electron chi connectivity index (χ1n) is 6.12. The highest BCUT2D eigenvalue weighted by Crippen LogP contribution is 2.32. The van der Waals surface area contributed by atoms with Gasteiger partial charge < -0.3 is 4.90 Å². The molecule has 0 spiro atoms. The lowest BCUT2D eigenvalue weighted by Gasteiger charge is -2.37. The highest BCUT2D eigenvalue weighted by Gasteiger charge is 2.30. The number of carbonyl (C=O) groups excluding carboxylic acids is 1. The molecule has 2 rings (SSSR count). The predicted octanol–water partition coefficient (Wildman–Crippen LogP) is 3.32. The van der Waals surface area contributed by atoms with Gasteiger partial charge in [0.05, 0.1) is 10.7 Å². The molecule has 1 aromatic rings. The van der Waals surface area contributed by atoms with Crippen LogP contribution in [0.5, 0.6) is 0 Å². The molecule has 0 amide bonds. The molecular formula is C13H17ClN2O. The fraction of sp³-hybridized carbons (Fsp3) is 0.538. The molecule has 0 aliphatic carbocycles. The third kappa shape index (κ3) is 2.29. The van der Waals surface area contributed by atoms with Crippen LogP contribution in [-0.2, 0) is 0 Å². The lowest BCUT2D eigenvalue weighted by atomic mass is 9.96. The number of anilines is 1. The SMILES string of the molecule is CCCN1c2cc(Cl)cnc2C(=O)CC1CC. The fourth-order valence-electron chi connectivity index (χ4n) is 2.39. The van der Waals surface area contributed by atoms with Gasteiger partial charge in [0.1, 0.15) is 5.69 Å². The predicted molar refractivity (Wildman–Crippen MR) is 69.9 cm³/mol. The zero-order valence-electron chi connectivity index (χ0n) is 10.2. The number of ketones is 1. The van der Waals surface area contributed by atoms with Crippen molar-refractivity contribution in [3.8, 4) is 0 Å². The number of hydrogen-bond donors (Lipinski definition) is 0. The number of Topliss-reactive ketones (excluding diaryl/α,β-unsaturated/α-hetero) is 1. The van der Waals surface area contributed by atoms with Crippen LogP contribution in [0.1, 0.15) is 43.6 Å². The molecule has 0 N–H and O–H groups in total. The smallest absolute Gasteiger partial charge is 0.185 e. The summed E-state index contributed by atoms with van der Waals surface area (Å²) < 4.78 is 0. The molecule has 4 heteroatoms. The van der Waals surface area contributed by atoms with E-state index in [1.54, 1.807) is 6.20 Å². The van der Waals surface area contributed by atoms with Crippen molar-refractivity contribution in [1.29, 1.82) is 0 Å². The minimum Gasteiger partial charge on any atom is -0.366 e. The van der Waals surface area contributed by atoms with E-state index in [4.69, 9.17) is 11.6 Å². The maximum absolute atomic E-state index is 12.0. The van der Waals surface area contributed by atoms with E-state index in [9.17, 15) is 4.79 Å². The van der Waals surface area contributed by atoms with Crippen LogP contribution in [0.3, 0.4) is 0 Å². The topological polar surface area (TPSA) is 33.2 Å².